The summed E-state index contributed by atoms with van der Waals surface area (Å²) in [6.07, 6.45) is 2.89. The Kier molecular flexibility index (Phi) is 2.59. The molecule has 2 heterocycles. The Morgan fingerprint density at radius 1 is 1.17 bits per heavy atom. The Morgan fingerprint density at radius 2 is 2.06 bits per heavy atom. The van der Waals surface area contributed by atoms with Gasteiger partial charge >= 0.3 is 0 Å². The molecule has 0 atom stereocenters. The molecule has 0 aliphatic heterocycles. The summed E-state index contributed by atoms with van der Waals surface area (Å²) in [7, 11) is 0. The molecule has 0 radical (unpaired) electrons. The van der Waals surface area contributed by atoms with Crippen molar-refractivity contribution in [3.05, 3.63) is 47.8 Å². The first-order valence-corrected chi connectivity index (χ1v) is 6.18. The van der Waals surface area contributed by atoms with Gasteiger partial charge in [0.05, 0.1) is 11.0 Å². The van der Waals surface area contributed by atoms with Crippen molar-refractivity contribution in [2.45, 2.75) is 20.3 Å². The van der Waals surface area contributed by atoms with E-state index in [0.717, 1.165) is 34.5 Å². The van der Waals surface area contributed by atoms with Gasteiger partial charge in [0.15, 0.2) is 0 Å². The number of rotatable bonds is 2. The Labute approximate surface area is 106 Å². The Hall–Kier alpha value is -2.16. The van der Waals surface area contributed by atoms with Crippen LogP contribution in [0.15, 0.2) is 36.5 Å². The first kappa shape index (κ1) is 11.0. The largest absolute Gasteiger partial charge is 0.338 e. The summed E-state index contributed by atoms with van der Waals surface area (Å²) in [5.74, 6) is 0.880. The van der Waals surface area contributed by atoms with Crippen molar-refractivity contribution in [3.63, 3.8) is 0 Å². The maximum atomic E-state index is 4.59. The summed E-state index contributed by atoms with van der Waals surface area (Å²) in [5, 5.41) is 0. The monoisotopic (exact) mass is 237 g/mol. The number of hydrogen-bond donors (Lipinski definition) is 1. The number of nitrogens with one attached hydrogen (secondary N) is 1. The van der Waals surface area contributed by atoms with Crippen LogP contribution in [0.4, 0.5) is 0 Å². The molecule has 2 aromatic heterocycles. The van der Waals surface area contributed by atoms with Crippen LogP contribution in [0.5, 0.6) is 0 Å². The van der Waals surface area contributed by atoms with Crippen LogP contribution in [0, 0.1) is 6.92 Å². The second-order valence-corrected chi connectivity index (χ2v) is 4.48. The van der Waals surface area contributed by atoms with E-state index in [9.17, 15) is 0 Å². The smallest absolute Gasteiger partial charge is 0.140 e. The van der Waals surface area contributed by atoms with Crippen LogP contribution in [0.3, 0.4) is 0 Å². The van der Waals surface area contributed by atoms with E-state index in [-0.39, 0.29) is 0 Å². The van der Waals surface area contributed by atoms with Gasteiger partial charge in [0.1, 0.15) is 5.82 Å². The number of pyridine rings is 1. The number of aromatic nitrogens is 3. The van der Waals surface area contributed by atoms with Gasteiger partial charge in [-0.2, -0.15) is 0 Å². The van der Waals surface area contributed by atoms with Crippen LogP contribution in [0.2, 0.25) is 0 Å². The summed E-state index contributed by atoms with van der Waals surface area (Å²) in [6.45, 7) is 4.14. The maximum absolute atomic E-state index is 4.59. The summed E-state index contributed by atoms with van der Waals surface area (Å²) in [5.41, 5.74) is 5.45. The number of nitrogens with zero attached hydrogens (tertiary/aromatic N) is 2. The third kappa shape index (κ3) is 1.88. The van der Waals surface area contributed by atoms with Crippen LogP contribution >= 0.6 is 0 Å². The van der Waals surface area contributed by atoms with Gasteiger partial charge in [-0.25, -0.2) is 4.98 Å². The molecule has 3 rings (SSSR count). The van der Waals surface area contributed by atoms with E-state index >= 15 is 0 Å². The average Bonchev–Trinajstić information content (AvgIpc) is 2.82. The molecule has 3 aromatic rings. The fraction of sp³-hybridized carbons (Fsp3) is 0.200. The fourth-order valence-corrected chi connectivity index (χ4v) is 2.02. The topological polar surface area (TPSA) is 41.6 Å². The van der Waals surface area contributed by atoms with Gasteiger partial charge in [-0.3, -0.25) is 4.98 Å². The minimum Gasteiger partial charge on any atom is -0.338 e. The zero-order valence-corrected chi connectivity index (χ0v) is 10.6. The molecule has 0 amide bonds. The molecule has 18 heavy (non-hydrogen) atoms. The highest BCUT2D eigenvalue weighted by Crippen LogP contribution is 2.21. The molecule has 0 spiro atoms. The zero-order valence-electron chi connectivity index (χ0n) is 10.6. The number of benzene rings is 1. The van der Waals surface area contributed by atoms with Crippen LogP contribution in [-0.4, -0.2) is 15.0 Å². The predicted octanol–water partition coefficient (Wildman–Crippen LogP) is 3.50. The number of H-pyrrole nitrogens is 1. The van der Waals surface area contributed by atoms with E-state index in [2.05, 4.69) is 40.1 Å². The number of fused-ring (bicyclic) bond motifs is 1. The molecule has 3 nitrogen and oxygen atoms in total. The summed E-state index contributed by atoms with van der Waals surface area (Å²) < 4.78 is 0. The molecule has 0 saturated heterocycles. The molecule has 0 unspecified atom stereocenters. The lowest BCUT2D eigenvalue weighted by molar-refractivity contribution is 1.14. The molecular formula is C15H15N3. The standard InChI is InChI=1S/C15H15N3/c1-3-11-5-7-13-14(8-11)18-15(17-13)12-6-4-10(2)16-9-12/h4-9H,3H2,1-2H3,(H,17,18). The SMILES string of the molecule is CCc1ccc2nc(-c3ccc(C)nc3)[nH]c2c1. The van der Waals surface area contributed by atoms with E-state index < -0.39 is 0 Å². The first-order chi connectivity index (χ1) is 8.76. The van der Waals surface area contributed by atoms with E-state index in [4.69, 9.17) is 0 Å². The lowest BCUT2D eigenvalue weighted by atomic mass is 10.1. The molecule has 0 aliphatic rings. The summed E-state index contributed by atoms with van der Waals surface area (Å²) >= 11 is 0. The second kappa shape index (κ2) is 4.26. The van der Waals surface area contributed by atoms with Gasteiger partial charge in [0, 0.05) is 17.5 Å². The third-order valence-corrected chi connectivity index (χ3v) is 3.14. The molecular weight excluding hydrogens is 222 g/mol. The van der Waals surface area contributed by atoms with Gasteiger partial charge < -0.3 is 4.98 Å². The number of aryl methyl sites for hydroxylation is 2. The van der Waals surface area contributed by atoms with Crippen molar-refractivity contribution in [1.82, 2.24) is 15.0 Å². The van der Waals surface area contributed by atoms with Crippen molar-refractivity contribution in [1.29, 1.82) is 0 Å². The predicted molar refractivity (Wildman–Crippen MR) is 73.4 cm³/mol. The Balaban J connectivity index is 2.10. The maximum Gasteiger partial charge on any atom is 0.140 e. The van der Waals surface area contributed by atoms with E-state index in [1.165, 1.54) is 5.56 Å². The van der Waals surface area contributed by atoms with E-state index in [1.54, 1.807) is 0 Å². The molecule has 0 bridgehead atoms. The number of aromatic amines is 1. The highest BCUT2D eigenvalue weighted by atomic mass is 14.9. The minimum atomic E-state index is 0.880. The van der Waals surface area contributed by atoms with Gasteiger partial charge in [-0.05, 0) is 43.2 Å². The van der Waals surface area contributed by atoms with Gasteiger partial charge in [-0.15, -0.1) is 0 Å². The van der Waals surface area contributed by atoms with Crippen LogP contribution in [0.25, 0.3) is 22.4 Å². The first-order valence-electron chi connectivity index (χ1n) is 6.18. The molecule has 90 valence electrons. The Morgan fingerprint density at radius 3 is 2.78 bits per heavy atom. The van der Waals surface area contributed by atoms with Gasteiger partial charge in [0.2, 0.25) is 0 Å². The quantitative estimate of drug-likeness (QED) is 0.741. The highest BCUT2D eigenvalue weighted by Gasteiger charge is 2.05. The van der Waals surface area contributed by atoms with Gasteiger partial charge in [-0.1, -0.05) is 13.0 Å². The Bertz CT molecular complexity index is 681. The molecule has 3 heteroatoms. The third-order valence-electron chi connectivity index (χ3n) is 3.14. The molecule has 0 fully saturated rings. The highest BCUT2D eigenvalue weighted by molar-refractivity contribution is 5.79. The minimum absolute atomic E-state index is 0.880. The van der Waals surface area contributed by atoms with Crippen molar-refractivity contribution >= 4 is 11.0 Å². The lowest BCUT2D eigenvalue weighted by Gasteiger charge is -1.96. The van der Waals surface area contributed by atoms with Crippen molar-refractivity contribution < 1.29 is 0 Å². The fourth-order valence-electron chi connectivity index (χ4n) is 2.02. The van der Waals surface area contributed by atoms with Crippen molar-refractivity contribution in [2.75, 3.05) is 0 Å². The van der Waals surface area contributed by atoms with Crippen LogP contribution in [-0.2, 0) is 6.42 Å². The van der Waals surface area contributed by atoms with Crippen molar-refractivity contribution in [2.24, 2.45) is 0 Å². The molecule has 0 aliphatic carbocycles. The van der Waals surface area contributed by atoms with Crippen LogP contribution < -0.4 is 0 Å². The van der Waals surface area contributed by atoms with Crippen LogP contribution in [0.1, 0.15) is 18.2 Å². The van der Waals surface area contributed by atoms with Crippen molar-refractivity contribution in [3.8, 4) is 11.4 Å². The van der Waals surface area contributed by atoms with Gasteiger partial charge in [0.25, 0.3) is 0 Å². The zero-order chi connectivity index (χ0) is 12.5. The average molecular weight is 237 g/mol. The number of hydrogen-bond acceptors (Lipinski definition) is 2. The second-order valence-electron chi connectivity index (χ2n) is 4.48. The van der Waals surface area contributed by atoms with E-state index in [0.29, 0.717) is 0 Å². The normalized spacial score (nSPS) is 11.0. The summed E-state index contributed by atoms with van der Waals surface area (Å²) in [4.78, 5) is 12.2. The molecule has 1 N–H and O–H groups in total. The lowest BCUT2D eigenvalue weighted by Crippen LogP contribution is -1.84. The molecule has 0 saturated carbocycles. The number of imidazole rings is 1. The summed E-state index contributed by atoms with van der Waals surface area (Å²) in [6, 6.07) is 10.4. The molecule has 1 aromatic carbocycles. The van der Waals surface area contributed by atoms with E-state index in [1.807, 2.05) is 25.3 Å².